The Hall–Kier alpha value is -1.35. The van der Waals surface area contributed by atoms with Crippen LogP contribution in [-0.2, 0) is 4.79 Å². The van der Waals surface area contributed by atoms with Gasteiger partial charge in [-0.25, -0.2) is 0 Å². The summed E-state index contributed by atoms with van der Waals surface area (Å²) in [4.78, 5) is 11.5. The van der Waals surface area contributed by atoms with E-state index < -0.39 is 0 Å². The average Bonchev–Trinajstić information content (AvgIpc) is 2.25. The van der Waals surface area contributed by atoms with Crippen LogP contribution in [0.25, 0.3) is 0 Å². The topological polar surface area (TPSA) is 55.1 Å². The molecule has 1 aromatic rings. The predicted octanol–water partition coefficient (Wildman–Crippen LogP) is 2.16. The van der Waals surface area contributed by atoms with Crippen molar-refractivity contribution in [2.45, 2.75) is 33.7 Å². The SMILES string of the molecule is Cc1ccccc1C(NC(=O)CN)C(C)(C)C. The summed E-state index contributed by atoms with van der Waals surface area (Å²) in [6, 6.07) is 8.10. The van der Waals surface area contributed by atoms with Gasteiger partial charge in [-0.15, -0.1) is 0 Å². The van der Waals surface area contributed by atoms with Crippen molar-refractivity contribution in [3.05, 3.63) is 35.4 Å². The Morgan fingerprint density at radius 2 is 1.94 bits per heavy atom. The molecule has 17 heavy (non-hydrogen) atoms. The molecule has 1 amide bonds. The van der Waals surface area contributed by atoms with Crippen LogP contribution in [0.3, 0.4) is 0 Å². The molecule has 1 aromatic carbocycles. The summed E-state index contributed by atoms with van der Waals surface area (Å²) in [7, 11) is 0. The van der Waals surface area contributed by atoms with Crippen molar-refractivity contribution in [2.24, 2.45) is 11.1 Å². The van der Waals surface area contributed by atoms with Gasteiger partial charge in [-0.05, 0) is 23.5 Å². The van der Waals surface area contributed by atoms with E-state index in [1.807, 2.05) is 12.1 Å². The van der Waals surface area contributed by atoms with E-state index in [1.165, 1.54) is 5.56 Å². The van der Waals surface area contributed by atoms with E-state index >= 15 is 0 Å². The molecule has 1 unspecified atom stereocenters. The highest BCUT2D eigenvalue weighted by atomic mass is 16.1. The number of hydrogen-bond donors (Lipinski definition) is 2. The molecular formula is C14H22N2O. The molecule has 1 rings (SSSR count). The third kappa shape index (κ3) is 3.56. The van der Waals surface area contributed by atoms with E-state index in [0.29, 0.717) is 0 Å². The van der Waals surface area contributed by atoms with Crippen LogP contribution in [0.4, 0.5) is 0 Å². The summed E-state index contributed by atoms with van der Waals surface area (Å²) >= 11 is 0. The number of hydrogen-bond acceptors (Lipinski definition) is 2. The summed E-state index contributed by atoms with van der Waals surface area (Å²) < 4.78 is 0. The van der Waals surface area contributed by atoms with Gasteiger partial charge in [-0.1, -0.05) is 45.0 Å². The minimum absolute atomic E-state index is 0.0141. The van der Waals surface area contributed by atoms with E-state index in [-0.39, 0.29) is 23.9 Å². The Morgan fingerprint density at radius 1 is 1.35 bits per heavy atom. The lowest BCUT2D eigenvalue weighted by Gasteiger charge is -2.33. The van der Waals surface area contributed by atoms with Gasteiger partial charge in [0.25, 0.3) is 0 Å². The molecule has 0 saturated carbocycles. The smallest absolute Gasteiger partial charge is 0.234 e. The zero-order valence-corrected chi connectivity index (χ0v) is 11.1. The molecule has 0 aliphatic heterocycles. The fourth-order valence-corrected chi connectivity index (χ4v) is 1.89. The van der Waals surface area contributed by atoms with Crippen molar-refractivity contribution >= 4 is 5.91 Å². The van der Waals surface area contributed by atoms with Crippen molar-refractivity contribution in [3.8, 4) is 0 Å². The minimum atomic E-state index is -0.117. The number of benzene rings is 1. The highest BCUT2D eigenvalue weighted by Gasteiger charge is 2.28. The van der Waals surface area contributed by atoms with Crippen molar-refractivity contribution in [3.63, 3.8) is 0 Å². The van der Waals surface area contributed by atoms with Crippen molar-refractivity contribution in [1.29, 1.82) is 0 Å². The van der Waals surface area contributed by atoms with Gasteiger partial charge in [0.2, 0.25) is 5.91 Å². The number of amides is 1. The lowest BCUT2D eigenvalue weighted by atomic mass is 9.81. The number of aryl methyl sites for hydroxylation is 1. The Bertz CT molecular complexity index is 393. The minimum Gasteiger partial charge on any atom is -0.348 e. The second kappa shape index (κ2) is 5.32. The molecule has 0 radical (unpaired) electrons. The Morgan fingerprint density at radius 3 is 2.41 bits per heavy atom. The first kappa shape index (κ1) is 13.7. The first-order valence-corrected chi connectivity index (χ1v) is 5.91. The molecular weight excluding hydrogens is 212 g/mol. The van der Waals surface area contributed by atoms with Crippen LogP contribution in [0.2, 0.25) is 0 Å². The van der Waals surface area contributed by atoms with Gasteiger partial charge in [-0.3, -0.25) is 4.79 Å². The Kier molecular flexibility index (Phi) is 4.29. The molecule has 3 nitrogen and oxygen atoms in total. The Labute approximate surface area is 103 Å². The molecule has 3 heteroatoms. The predicted molar refractivity (Wildman–Crippen MR) is 70.6 cm³/mol. The summed E-state index contributed by atoms with van der Waals surface area (Å²) in [5.41, 5.74) is 7.66. The van der Waals surface area contributed by atoms with Crippen LogP contribution >= 0.6 is 0 Å². The van der Waals surface area contributed by atoms with E-state index in [0.717, 1.165) is 5.56 Å². The molecule has 0 bridgehead atoms. The van der Waals surface area contributed by atoms with Gasteiger partial charge in [0, 0.05) is 0 Å². The van der Waals surface area contributed by atoms with Gasteiger partial charge < -0.3 is 11.1 Å². The molecule has 0 heterocycles. The zero-order chi connectivity index (χ0) is 13.1. The average molecular weight is 234 g/mol. The van der Waals surface area contributed by atoms with E-state index in [2.05, 4.69) is 45.1 Å². The quantitative estimate of drug-likeness (QED) is 0.842. The maximum atomic E-state index is 11.5. The molecule has 0 saturated heterocycles. The maximum Gasteiger partial charge on any atom is 0.234 e. The molecule has 94 valence electrons. The summed E-state index contributed by atoms with van der Waals surface area (Å²) in [5.74, 6) is -0.117. The largest absolute Gasteiger partial charge is 0.348 e. The van der Waals surface area contributed by atoms with Crippen LogP contribution in [0.15, 0.2) is 24.3 Å². The van der Waals surface area contributed by atoms with Crippen LogP contribution in [0, 0.1) is 12.3 Å². The van der Waals surface area contributed by atoms with Crippen LogP contribution < -0.4 is 11.1 Å². The fraction of sp³-hybridized carbons (Fsp3) is 0.500. The van der Waals surface area contributed by atoms with E-state index in [4.69, 9.17) is 5.73 Å². The number of carbonyl (C=O) groups excluding carboxylic acids is 1. The summed E-state index contributed by atoms with van der Waals surface area (Å²) in [6.45, 7) is 8.42. The standard InChI is InChI=1S/C14H22N2O/c1-10-7-5-6-8-11(10)13(14(2,3)4)16-12(17)9-15/h5-8,13H,9,15H2,1-4H3,(H,16,17). The normalized spacial score (nSPS) is 13.2. The van der Waals surface area contributed by atoms with Gasteiger partial charge in [0.15, 0.2) is 0 Å². The molecule has 0 spiro atoms. The molecule has 0 aromatic heterocycles. The first-order chi connectivity index (χ1) is 7.86. The van der Waals surface area contributed by atoms with E-state index in [1.54, 1.807) is 0 Å². The second-order valence-corrected chi connectivity index (χ2v) is 5.43. The fourth-order valence-electron chi connectivity index (χ4n) is 1.89. The van der Waals surface area contributed by atoms with Gasteiger partial charge in [-0.2, -0.15) is 0 Å². The van der Waals surface area contributed by atoms with Crippen molar-refractivity contribution in [1.82, 2.24) is 5.32 Å². The Balaban J connectivity index is 3.07. The first-order valence-electron chi connectivity index (χ1n) is 5.91. The lowest BCUT2D eigenvalue weighted by Crippen LogP contribution is -2.40. The summed E-state index contributed by atoms with van der Waals surface area (Å²) in [6.07, 6.45) is 0. The second-order valence-electron chi connectivity index (χ2n) is 5.43. The third-order valence-electron chi connectivity index (χ3n) is 2.86. The number of rotatable bonds is 3. The highest BCUT2D eigenvalue weighted by Crippen LogP contribution is 2.34. The molecule has 0 fully saturated rings. The van der Waals surface area contributed by atoms with E-state index in [9.17, 15) is 4.79 Å². The molecule has 1 atom stereocenters. The molecule has 3 N–H and O–H groups in total. The maximum absolute atomic E-state index is 11.5. The molecule has 0 aliphatic rings. The van der Waals surface area contributed by atoms with Crippen molar-refractivity contribution < 1.29 is 4.79 Å². The molecule has 0 aliphatic carbocycles. The van der Waals surface area contributed by atoms with Crippen LogP contribution in [0.5, 0.6) is 0 Å². The zero-order valence-electron chi connectivity index (χ0n) is 11.1. The highest BCUT2D eigenvalue weighted by molar-refractivity contribution is 5.78. The van der Waals surface area contributed by atoms with Crippen molar-refractivity contribution in [2.75, 3.05) is 6.54 Å². The lowest BCUT2D eigenvalue weighted by molar-refractivity contribution is -0.121. The van der Waals surface area contributed by atoms with Gasteiger partial charge in [0.05, 0.1) is 12.6 Å². The number of carbonyl (C=O) groups is 1. The number of nitrogens with one attached hydrogen (secondary N) is 1. The van der Waals surface area contributed by atoms with Crippen LogP contribution in [0.1, 0.15) is 37.9 Å². The van der Waals surface area contributed by atoms with Gasteiger partial charge in [0.1, 0.15) is 0 Å². The monoisotopic (exact) mass is 234 g/mol. The number of nitrogens with two attached hydrogens (primary N) is 1. The third-order valence-corrected chi connectivity index (χ3v) is 2.86. The summed E-state index contributed by atoms with van der Waals surface area (Å²) in [5, 5.41) is 3.00. The van der Waals surface area contributed by atoms with Gasteiger partial charge >= 0.3 is 0 Å². The van der Waals surface area contributed by atoms with Crippen LogP contribution in [-0.4, -0.2) is 12.5 Å².